The van der Waals surface area contributed by atoms with Gasteiger partial charge in [0.05, 0.1) is 5.25 Å². The lowest BCUT2D eigenvalue weighted by molar-refractivity contribution is 0.256. The maximum Gasteiger partial charge on any atom is 0.332 e. The van der Waals surface area contributed by atoms with Crippen LogP contribution in [0, 0.1) is 0 Å². The molecule has 16 heavy (non-hydrogen) atoms. The number of amides is 2. The van der Waals surface area contributed by atoms with E-state index in [1.54, 1.807) is 30.3 Å². The fourth-order valence-electron chi connectivity index (χ4n) is 0.925. The lowest BCUT2D eigenvalue weighted by atomic mass is 10.3. The number of hydrogen-bond donors (Lipinski definition) is 2. The number of carbonyl (C=O) groups is 1. The predicted octanol–water partition coefficient (Wildman–Crippen LogP) is 1.55. The molecule has 2 N–H and O–H groups in total. The van der Waals surface area contributed by atoms with E-state index in [1.807, 2.05) is 4.72 Å². The number of benzene rings is 1. The molecule has 0 bridgehead atoms. The molecule has 0 radical (unpaired) electrons. The zero-order valence-corrected chi connectivity index (χ0v) is 9.91. The molecule has 88 valence electrons. The van der Waals surface area contributed by atoms with Crippen LogP contribution in [0.1, 0.15) is 13.8 Å². The number of rotatable bonds is 3. The van der Waals surface area contributed by atoms with E-state index in [0.717, 1.165) is 0 Å². The summed E-state index contributed by atoms with van der Waals surface area (Å²) in [5.41, 5.74) is 0.541. The normalized spacial score (nSPS) is 11.2. The summed E-state index contributed by atoms with van der Waals surface area (Å²) in [6.45, 7) is 3.00. The highest BCUT2D eigenvalue weighted by Gasteiger charge is 2.18. The number of urea groups is 1. The smallest absolute Gasteiger partial charge is 0.307 e. The Kier molecular flexibility index (Phi) is 3.89. The minimum atomic E-state index is -3.58. The lowest BCUT2D eigenvalue weighted by Crippen LogP contribution is -2.38. The molecule has 6 heteroatoms. The molecule has 0 spiro atoms. The van der Waals surface area contributed by atoms with Gasteiger partial charge in [-0.1, -0.05) is 18.2 Å². The van der Waals surface area contributed by atoms with Crippen LogP contribution in [0.15, 0.2) is 30.3 Å². The molecule has 0 aliphatic rings. The highest BCUT2D eigenvalue weighted by Crippen LogP contribution is 2.05. The van der Waals surface area contributed by atoms with Gasteiger partial charge in [0, 0.05) is 5.69 Å². The molecule has 0 saturated carbocycles. The molecule has 5 nitrogen and oxygen atoms in total. The Morgan fingerprint density at radius 2 is 1.75 bits per heavy atom. The predicted molar refractivity (Wildman–Crippen MR) is 62.7 cm³/mol. The second kappa shape index (κ2) is 4.98. The van der Waals surface area contributed by atoms with Crippen molar-refractivity contribution in [2.75, 3.05) is 5.32 Å². The molecule has 2 amide bonds. The van der Waals surface area contributed by atoms with Gasteiger partial charge in [-0.05, 0) is 26.0 Å². The van der Waals surface area contributed by atoms with Gasteiger partial charge in [0.1, 0.15) is 0 Å². The second-order valence-corrected chi connectivity index (χ2v) is 5.75. The van der Waals surface area contributed by atoms with Crippen LogP contribution in [0.2, 0.25) is 0 Å². The third-order valence-electron chi connectivity index (χ3n) is 1.89. The van der Waals surface area contributed by atoms with Gasteiger partial charge in [-0.2, -0.15) is 0 Å². The van der Waals surface area contributed by atoms with Crippen molar-refractivity contribution >= 4 is 21.7 Å². The van der Waals surface area contributed by atoms with Crippen molar-refractivity contribution in [3.8, 4) is 0 Å². The molecular formula is C10H14N2O3S. The van der Waals surface area contributed by atoms with Crippen LogP contribution in [-0.4, -0.2) is 19.7 Å². The van der Waals surface area contributed by atoms with Gasteiger partial charge in [0.2, 0.25) is 10.0 Å². The molecule has 0 saturated heterocycles. The van der Waals surface area contributed by atoms with Crippen LogP contribution >= 0.6 is 0 Å². The van der Waals surface area contributed by atoms with Crippen molar-refractivity contribution < 1.29 is 13.2 Å². The van der Waals surface area contributed by atoms with Crippen molar-refractivity contribution in [3.05, 3.63) is 30.3 Å². The lowest BCUT2D eigenvalue weighted by Gasteiger charge is -2.10. The van der Waals surface area contributed by atoms with Crippen LogP contribution in [0.25, 0.3) is 0 Å². The Bertz CT molecular complexity index is 454. The van der Waals surface area contributed by atoms with Crippen LogP contribution in [0.4, 0.5) is 10.5 Å². The molecule has 0 aliphatic carbocycles. The van der Waals surface area contributed by atoms with Crippen molar-refractivity contribution in [1.82, 2.24) is 4.72 Å². The van der Waals surface area contributed by atoms with Crippen LogP contribution in [-0.2, 0) is 10.0 Å². The summed E-state index contributed by atoms with van der Waals surface area (Å²) < 4.78 is 24.6. The van der Waals surface area contributed by atoms with E-state index in [9.17, 15) is 13.2 Å². The first-order valence-corrected chi connectivity index (χ1v) is 6.34. The molecule has 1 aromatic carbocycles. The van der Waals surface area contributed by atoms with E-state index in [4.69, 9.17) is 0 Å². The summed E-state index contributed by atoms with van der Waals surface area (Å²) in [6.07, 6.45) is 0. The zero-order valence-electron chi connectivity index (χ0n) is 9.10. The van der Waals surface area contributed by atoms with Gasteiger partial charge in [-0.15, -0.1) is 0 Å². The zero-order chi connectivity index (χ0) is 12.2. The first-order chi connectivity index (χ1) is 7.42. The number of carbonyl (C=O) groups excluding carboxylic acids is 1. The van der Waals surface area contributed by atoms with E-state index < -0.39 is 21.3 Å². The topological polar surface area (TPSA) is 75.3 Å². The molecule has 0 aliphatic heterocycles. The van der Waals surface area contributed by atoms with Crippen LogP contribution in [0.5, 0.6) is 0 Å². The van der Waals surface area contributed by atoms with Crippen molar-refractivity contribution in [3.63, 3.8) is 0 Å². The summed E-state index contributed by atoms with van der Waals surface area (Å²) in [5, 5.41) is 1.78. The monoisotopic (exact) mass is 242 g/mol. The van der Waals surface area contributed by atoms with E-state index in [-0.39, 0.29) is 0 Å². The maximum atomic E-state index is 11.4. The average molecular weight is 242 g/mol. The molecule has 0 fully saturated rings. The largest absolute Gasteiger partial charge is 0.332 e. The molecule has 1 aromatic rings. The Balaban J connectivity index is 2.62. The van der Waals surface area contributed by atoms with Gasteiger partial charge < -0.3 is 5.32 Å². The average Bonchev–Trinajstić information content (AvgIpc) is 2.17. The third-order valence-corrected chi connectivity index (χ3v) is 3.60. The fraction of sp³-hybridized carbons (Fsp3) is 0.300. The minimum absolute atomic E-state index is 0.541. The first kappa shape index (κ1) is 12.5. The number of nitrogens with one attached hydrogen (secondary N) is 2. The molecule has 0 unspecified atom stereocenters. The third kappa shape index (κ3) is 3.54. The Hall–Kier alpha value is -1.56. The number of para-hydroxylation sites is 1. The molecule has 0 aromatic heterocycles. The molecule has 0 heterocycles. The van der Waals surface area contributed by atoms with E-state index in [1.165, 1.54) is 13.8 Å². The SMILES string of the molecule is CC(C)S(=O)(=O)NC(=O)Nc1ccccc1. The first-order valence-electron chi connectivity index (χ1n) is 4.79. The summed E-state index contributed by atoms with van der Waals surface area (Å²) in [7, 11) is -3.58. The molecule has 1 rings (SSSR count). The molecular weight excluding hydrogens is 228 g/mol. The summed E-state index contributed by atoms with van der Waals surface area (Å²) in [4.78, 5) is 11.3. The van der Waals surface area contributed by atoms with Crippen molar-refractivity contribution in [2.24, 2.45) is 0 Å². The number of anilines is 1. The summed E-state index contributed by atoms with van der Waals surface area (Å²) in [6, 6.07) is 7.87. The van der Waals surface area contributed by atoms with E-state index in [0.29, 0.717) is 5.69 Å². The maximum absolute atomic E-state index is 11.4. The Morgan fingerprint density at radius 1 is 1.19 bits per heavy atom. The van der Waals surface area contributed by atoms with E-state index in [2.05, 4.69) is 5.32 Å². The molecule has 0 atom stereocenters. The number of hydrogen-bond acceptors (Lipinski definition) is 3. The Morgan fingerprint density at radius 3 is 2.25 bits per heavy atom. The quantitative estimate of drug-likeness (QED) is 0.844. The second-order valence-electron chi connectivity index (χ2n) is 3.52. The summed E-state index contributed by atoms with van der Waals surface area (Å²) in [5.74, 6) is 0. The van der Waals surface area contributed by atoms with Gasteiger partial charge in [-0.3, -0.25) is 0 Å². The Labute approximate surface area is 94.9 Å². The van der Waals surface area contributed by atoms with Crippen LogP contribution < -0.4 is 10.0 Å². The van der Waals surface area contributed by atoms with Gasteiger partial charge in [0.25, 0.3) is 0 Å². The number of sulfonamides is 1. The van der Waals surface area contributed by atoms with E-state index >= 15 is 0 Å². The van der Waals surface area contributed by atoms with Crippen molar-refractivity contribution in [1.29, 1.82) is 0 Å². The van der Waals surface area contributed by atoms with Crippen molar-refractivity contribution in [2.45, 2.75) is 19.1 Å². The highest BCUT2D eigenvalue weighted by molar-refractivity contribution is 7.90. The standard InChI is InChI=1S/C10H14N2O3S/c1-8(2)16(14,15)12-10(13)11-9-6-4-3-5-7-9/h3-8H,1-2H3,(H2,11,12,13). The minimum Gasteiger partial charge on any atom is -0.307 e. The van der Waals surface area contributed by atoms with Crippen LogP contribution in [0.3, 0.4) is 0 Å². The van der Waals surface area contributed by atoms with Gasteiger partial charge in [-0.25, -0.2) is 17.9 Å². The highest BCUT2D eigenvalue weighted by atomic mass is 32.2. The summed E-state index contributed by atoms with van der Waals surface area (Å²) >= 11 is 0. The van der Waals surface area contributed by atoms with Gasteiger partial charge in [0.15, 0.2) is 0 Å². The van der Waals surface area contributed by atoms with Gasteiger partial charge >= 0.3 is 6.03 Å². The fourth-order valence-corrected chi connectivity index (χ4v) is 1.47.